The Kier molecular flexibility index (Phi) is 15.4. The van der Waals surface area contributed by atoms with Gasteiger partial charge in [-0.05, 0) is 120 Å². The number of rotatable bonds is 20. The van der Waals surface area contributed by atoms with E-state index >= 15 is 8.78 Å². The van der Waals surface area contributed by atoms with Crippen molar-refractivity contribution in [2.24, 2.45) is 11.8 Å². The van der Waals surface area contributed by atoms with Gasteiger partial charge in [-0.1, -0.05) is 100 Å². The molecule has 0 radical (unpaired) electrons. The van der Waals surface area contributed by atoms with Gasteiger partial charge in [-0.2, -0.15) is 17.6 Å². The number of benzene rings is 6. The van der Waals surface area contributed by atoms with Gasteiger partial charge in [-0.15, -0.1) is 0 Å². The van der Waals surface area contributed by atoms with Crippen LogP contribution in [-0.2, 0) is 17.6 Å². The van der Waals surface area contributed by atoms with Crippen LogP contribution in [0.25, 0.3) is 0 Å². The fourth-order valence-corrected chi connectivity index (χ4v) is 7.75. The first-order valence-electron chi connectivity index (χ1n) is 20.1. The third kappa shape index (κ3) is 12.5. The normalized spacial score (nSPS) is 13.6. The minimum absolute atomic E-state index is 0.00168. The van der Waals surface area contributed by atoms with E-state index in [4.69, 9.17) is 14.2 Å². The highest BCUT2D eigenvalue weighted by atomic mass is 19.3. The van der Waals surface area contributed by atoms with Crippen LogP contribution in [0.5, 0.6) is 34.5 Å². The zero-order valence-corrected chi connectivity index (χ0v) is 34.2. The Labute approximate surface area is 352 Å². The predicted molar refractivity (Wildman–Crippen MR) is 223 cm³/mol. The lowest BCUT2D eigenvalue weighted by atomic mass is 9.79. The highest BCUT2D eigenvalue weighted by molar-refractivity contribution is 5.39. The van der Waals surface area contributed by atoms with E-state index in [-0.39, 0.29) is 59.5 Å². The molecule has 0 heterocycles. The molecule has 6 aromatic rings. The van der Waals surface area contributed by atoms with Crippen LogP contribution < -0.4 is 18.9 Å². The van der Waals surface area contributed by atoms with Gasteiger partial charge in [0.2, 0.25) is 0 Å². The molecule has 0 saturated heterocycles. The lowest BCUT2D eigenvalue weighted by Crippen LogP contribution is -2.37. The van der Waals surface area contributed by atoms with Crippen LogP contribution in [0.2, 0.25) is 0 Å². The first kappa shape index (κ1) is 44.6. The van der Waals surface area contributed by atoms with Crippen LogP contribution >= 0.6 is 0 Å². The van der Waals surface area contributed by atoms with Crippen molar-refractivity contribution in [1.29, 1.82) is 0 Å². The molecule has 0 aromatic heterocycles. The van der Waals surface area contributed by atoms with Crippen LogP contribution in [0, 0.1) is 23.5 Å². The molecule has 0 bridgehead atoms. The summed E-state index contributed by atoms with van der Waals surface area (Å²) in [6.07, 6.45) is -0.745. The average molecular weight is 843 g/mol. The van der Waals surface area contributed by atoms with E-state index < -0.39 is 37.1 Å². The van der Waals surface area contributed by atoms with E-state index in [0.717, 1.165) is 11.1 Å². The molecule has 5 nitrogen and oxygen atoms in total. The van der Waals surface area contributed by atoms with Gasteiger partial charge in [0.25, 0.3) is 0 Å². The molecular weight excluding hydrogens is 795 g/mol. The van der Waals surface area contributed by atoms with Gasteiger partial charge >= 0.3 is 13.2 Å². The molecule has 0 saturated carbocycles. The monoisotopic (exact) mass is 842 g/mol. The Morgan fingerprint density at radius 2 is 0.787 bits per heavy atom. The highest BCUT2D eigenvalue weighted by Crippen LogP contribution is 2.40. The average Bonchev–Trinajstić information content (AvgIpc) is 3.22. The highest BCUT2D eigenvalue weighted by Gasteiger charge is 2.35. The van der Waals surface area contributed by atoms with E-state index in [0.29, 0.717) is 22.6 Å². The first-order valence-corrected chi connectivity index (χ1v) is 20.1. The summed E-state index contributed by atoms with van der Waals surface area (Å²) in [5.41, 5.74) is 2.99. The predicted octanol–water partition coefficient (Wildman–Crippen LogP) is 14.2. The molecule has 0 fully saturated rings. The molecule has 4 atom stereocenters. The zero-order chi connectivity index (χ0) is 43.5. The Hall–Kier alpha value is -5.94. The van der Waals surface area contributed by atoms with Crippen molar-refractivity contribution in [2.45, 2.75) is 77.8 Å². The van der Waals surface area contributed by atoms with Crippen molar-refractivity contribution in [3.05, 3.63) is 179 Å². The topological polar surface area (TPSA) is 46.2 Å². The standard InChI is InChI=1S/C50H48F6O5/c1-31(2)47(35-17-21-39(22-18-35)59-49(53)54)45(29-33-15-25-41(51)43(27-33)57-37-11-7-5-8-12-37)61-46(48(32(3)4)36-19-23-40(24-20-36)60-50(55)56)30-34-16-26-42(52)44(28-34)58-38-13-9-6-10-14-38/h5-28,31-32,45-50H,29-30H2,1-4H3. The Balaban J connectivity index is 1.45. The molecule has 0 amide bonds. The molecule has 0 aliphatic heterocycles. The van der Waals surface area contributed by atoms with Gasteiger partial charge in [0.15, 0.2) is 23.1 Å². The molecule has 61 heavy (non-hydrogen) atoms. The van der Waals surface area contributed by atoms with Crippen LogP contribution in [-0.4, -0.2) is 25.4 Å². The van der Waals surface area contributed by atoms with Gasteiger partial charge in [-0.25, -0.2) is 8.78 Å². The lowest BCUT2D eigenvalue weighted by Gasteiger charge is -2.38. The van der Waals surface area contributed by atoms with Crippen molar-refractivity contribution in [2.75, 3.05) is 0 Å². The summed E-state index contributed by atoms with van der Waals surface area (Å²) in [5, 5.41) is 0. The number of alkyl halides is 4. The maximum absolute atomic E-state index is 15.3. The lowest BCUT2D eigenvalue weighted by molar-refractivity contribution is -0.0533. The van der Waals surface area contributed by atoms with Gasteiger partial charge in [0.1, 0.15) is 23.0 Å². The second-order valence-corrected chi connectivity index (χ2v) is 15.4. The summed E-state index contributed by atoms with van der Waals surface area (Å²) in [4.78, 5) is 0. The molecule has 6 aromatic carbocycles. The van der Waals surface area contributed by atoms with Crippen LogP contribution in [0.1, 0.15) is 61.8 Å². The molecular formula is C50H48F6O5. The third-order valence-corrected chi connectivity index (χ3v) is 10.4. The second kappa shape index (κ2) is 21.0. The van der Waals surface area contributed by atoms with Gasteiger partial charge in [0, 0.05) is 11.8 Å². The summed E-state index contributed by atoms with van der Waals surface area (Å²) < 4.78 is 112. The second-order valence-electron chi connectivity index (χ2n) is 15.4. The first-order chi connectivity index (χ1) is 29.3. The number of hydrogen-bond acceptors (Lipinski definition) is 5. The fraction of sp³-hybridized carbons (Fsp3) is 0.280. The number of para-hydroxylation sites is 2. The van der Waals surface area contributed by atoms with Crippen molar-refractivity contribution in [3.8, 4) is 34.5 Å². The van der Waals surface area contributed by atoms with Crippen molar-refractivity contribution < 1.29 is 50.0 Å². The molecule has 0 spiro atoms. The molecule has 6 rings (SSSR count). The smallest absolute Gasteiger partial charge is 0.387 e. The van der Waals surface area contributed by atoms with Crippen molar-refractivity contribution in [1.82, 2.24) is 0 Å². The molecule has 11 heteroatoms. The van der Waals surface area contributed by atoms with Crippen LogP contribution in [0.15, 0.2) is 146 Å². The van der Waals surface area contributed by atoms with Gasteiger partial charge in [-0.3, -0.25) is 0 Å². The Bertz CT molecular complexity index is 2090. The Morgan fingerprint density at radius 1 is 0.426 bits per heavy atom. The molecule has 320 valence electrons. The molecule has 4 unspecified atom stereocenters. The summed E-state index contributed by atoms with van der Waals surface area (Å²) in [6.45, 7) is 2.13. The van der Waals surface area contributed by atoms with Crippen LogP contribution in [0.3, 0.4) is 0 Å². The van der Waals surface area contributed by atoms with E-state index in [1.54, 1.807) is 97.1 Å². The summed E-state index contributed by atoms with van der Waals surface area (Å²) >= 11 is 0. The van der Waals surface area contributed by atoms with Gasteiger partial charge < -0.3 is 23.7 Å². The van der Waals surface area contributed by atoms with Crippen LogP contribution in [0.4, 0.5) is 26.3 Å². The molecule has 0 N–H and O–H groups in total. The molecule has 0 aliphatic carbocycles. The van der Waals surface area contributed by atoms with E-state index in [9.17, 15) is 17.6 Å². The minimum atomic E-state index is -3.00. The SMILES string of the molecule is CC(C)C(c1ccc(OC(F)F)cc1)C(Cc1ccc(F)c(Oc2ccccc2)c1)OC(Cc1ccc(F)c(Oc2ccccc2)c1)C(c1ccc(OC(F)F)cc1)C(C)C. The van der Waals surface area contributed by atoms with E-state index in [1.807, 2.05) is 39.8 Å². The Morgan fingerprint density at radius 3 is 1.11 bits per heavy atom. The van der Waals surface area contributed by atoms with Crippen molar-refractivity contribution in [3.63, 3.8) is 0 Å². The summed E-state index contributed by atoms with van der Waals surface area (Å²) in [5.74, 6) is -1.00. The maximum atomic E-state index is 15.3. The van der Waals surface area contributed by atoms with Gasteiger partial charge in [0.05, 0.1) is 12.2 Å². The van der Waals surface area contributed by atoms with Crippen molar-refractivity contribution >= 4 is 0 Å². The third-order valence-electron chi connectivity index (χ3n) is 10.4. The number of halogens is 6. The number of ether oxygens (including phenoxy) is 5. The number of hydrogen-bond donors (Lipinski definition) is 0. The maximum Gasteiger partial charge on any atom is 0.387 e. The minimum Gasteiger partial charge on any atom is -0.454 e. The summed E-state index contributed by atoms with van der Waals surface area (Å²) in [6, 6.07) is 39.9. The largest absolute Gasteiger partial charge is 0.454 e. The van der Waals surface area contributed by atoms with E-state index in [2.05, 4.69) is 9.47 Å². The molecule has 0 aliphatic rings. The van der Waals surface area contributed by atoms with E-state index in [1.165, 1.54) is 36.4 Å². The quantitative estimate of drug-likeness (QED) is 0.0717. The zero-order valence-electron chi connectivity index (χ0n) is 34.2. The summed E-state index contributed by atoms with van der Waals surface area (Å²) in [7, 11) is 0. The fourth-order valence-electron chi connectivity index (χ4n) is 7.75.